The Hall–Kier alpha value is -2.86. The first-order valence-electron chi connectivity index (χ1n) is 10.7. The molecule has 0 aromatic heterocycles. The van der Waals surface area contributed by atoms with Gasteiger partial charge in [0.15, 0.2) is 0 Å². The molecule has 0 atom stereocenters. The topological polar surface area (TPSA) is 0 Å². The highest BCUT2D eigenvalue weighted by Crippen LogP contribution is 2.05. The molecule has 0 aliphatic carbocycles. The van der Waals surface area contributed by atoms with Crippen molar-refractivity contribution in [1.82, 2.24) is 0 Å². The van der Waals surface area contributed by atoms with E-state index < -0.39 is 0 Å². The largest absolute Gasteiger partial charge is 0.0991 e. The van der Waals surface area contributed by atoms with Gasteiger partial charge in [0.1, 0.15) is 0 Å². The van der Waals surface area contributed by atoms with Gasteiger partial charge in [0.25, 0.3) is 0 Å². The average Bonchev–Trinajstić information content (AvgIpc) is 2.74. The maximum atomic E-state index is 3.62. The Morgan fingerprint density at radius 3 is 1.14 bits per heavy atom. The summed E-state index contributed by atoms with van der Waals surface area (Å²) in [4.78, 5) is 0. The highest BCUT2D eigenvalue weighted by Gasteiger charge is 1.85. The van der Waals surface area contributed by atoms with E-state index in [1.165, 1.54) is 38.5 Å². The number of hydrogen-bond acceptors (Lipinski definition) is 0. The molecule has 0 aromatic carbocycles. The molecule has 0 bridgehead atoms. The Kier molecular flexibility index (Phi) is 22.7. The Morgan fingerprint density at radius 1 is 0.414 bits per heavy atom. The molecule has 0 heteroatoms. The van der Waals surface area contributed by atoms with E-state index in [0.29, 0.717) is 0 Å². The number of allylic oxidation sites excluding steroid dienone is 21. The van der Waals surface area contributed by atoms with Crippen molar-refractivity contribution >= 4 is 0 Å². The lowest BCUT2D eigenvalue weighted by Gasteiger charge is -1.95. The molecule has 0 unspecified atom stereocenters. The van der Waals surface area contributed by atoms with Crippen LogP contribution in [0, 0.1) is 0 Å². The molecular formula is C29H38. The Morgan fingerprint density at radius 2 is 0.759 bits per heavy atom. The van der Waals surface area contributed by atoms with E-state index in [0.717, 1.165) is 0 Å². The fourth-order valence-electron chi connectivity index (χ4n) is 2.21. The molecule has 0 aliphatic heterocycles. The van der Waals surface area contributed by atoms with Crippen molar-refractivity contribution in [3.8, 4) is 0 Å². The zero-order chi connectivity index (χ0) is 21.1. The molecular weight excluding hydrogens is 348 g/mol. The quantitative estimate of drug-likeness (QED) is 0.183. The average molecular weight is 387 g/mol. The molecule has 0 spiro atoms. The van der Waals surface area contributed by atoms with Gasteiger partial charge in [0, 0.05) is 0 Å². The number of unbranched alkanes of at least 4 members (excludes halogenated alkanes) is 5. The van der Waals surface area contributed by atoms with Crippen LogP contribution in [0.25, 0.3) is 0 Å². The van der Waals surface area contributed by atoms with Gasteiger partial charge in [-0.25, -0.2) is 0 Å². The number of hydrogen-bond donors (Lipinski definition) is 0. The predicted octanol–water partition coefficient (Wildman–Crippen LogP) is 9.09. The predicted molar refractivity (Wildman–Crippen MR) is 135 cm³/mol. The van der Waals surface area contributed by atoms with Crippen molar-refractivity contribution in [3.63, 3.8) is 0 Å². The summed E-state index contributed by atoms with van der Waals surface area (Å²) < 4.78 is 0. The van der Waals surface area contributed by atoms with Crippen LogP contribution in [0.1, 0.15) is 45.4 Å². The lowest BCUT2D eigenvalue weighted by molar-refractivity contribution is 0.637. The third-order valence-corrected chi connectivity index (χ3v) is 3.75. The summed E-state index contributed by atoms with van der Waals surface area (Å²) in [6.07, 6.45) is 50.1. The van der Waals surface area contributed by atoms with Gasteiger partial charge in [-0.05, 0) is 12.8 Å². The molecule has 0 radical (unpaired) electrons. The Bertz CT molecular complexity index is 652. The summed E-state index contributed by atoms with van der Waals surface area (Å²) in [6, 6.07) is 0. The molecule has 0 saturated heterocycles. The first kappa shape index (κ1) is 26.1. The van der Waals surface area contributed by atoms with E-state index in [9.17, 15) is 0 Å². The first-order valence-corrected chi connectivity index (χ1v) is 10.7. The minimum Gasteiger partial charge on any atom is -0.0991 e. The van der Waals surface area contributed by atoms with E-state index in [1.54, 1.807) is 6.08 Å². The summed E-state index contributed by atoms with van der Waals surface area (Å²) in [5, 5.41) is 0. The van der Waals surface area contributed by atoms with E-state index in [-0.39, 0.29) is 0 Å². The van der Waals surface area contributed by atoms with Crippen molar-refractivity contribution < 1.29 is 0 Å². The highest BCUT2D eigenvalue weighted by molar-refractivity contribution is 5.22. The van der Waals surface area contributed by atoms with E-state index in [2.05, 4.69) is 37.8 Å². The van der Waals surface area contributed by atoms with Crippen molar-refractivity contribution in [2.75, 3.05) is 0 Å². The van der Waals surface area contributed by atoms with Crippen LogP contribution in [0.4, 0.5) is 0 Å². The van der Waals surface area contributed by atoms with Crippen LogP contribution in [0.15, 0.2) is 134 Å². The van der Waals surface area contributed by atoms with Gasteiger partial charge in [0.05, 0.1) is 0 Å². The summed E-state index contributed by atoms with van der Waals surface area (Å²) in [5.74, 6) is 0. The van der Waals surface area contributed by atoms with Crippen molar-refractivity contribution in [3.05, 3.63) is 134 Å². The molecule has 0 N–H and O–H groups in total. The normalized spacial score (nSPS) is 14.0. The third-order valence-electron chi connectivity index (χ3n) is 3.75. The van der Waals surface area contributed by atoms with Gasteiger partial charge in [-0.2, -0.15) is 0 Å². The summed E-state index contributed by atoms with van der Waals surface area (Å²) in [6.45, 7) is 5.87. The van der Waals surface area contributed by atoms with Crippen LogP contribution in [0.3, 0.4) is 0 Å². The maximum Gasteiger partial charge on any atom is -0.0348 e. The minimum absolute atomic E-state index is 1.19. The first-order chi connectivity index (χ1) is 14.4. The van der Waals surface area contributed by atoms with E-state index >= 15 is 0 Å². The van der Waals surface area contributed by atoms with Crippen LogP contribution in [0.2, 0.25) is 0 Å². The molecule has 154 valence electrons. The second-order valence-corrected chi connectivity index (χ2v) is 6.33. The molecule has 29 heavy (non-hydrogen) atoms. The molecule has 0 fully saturated rings. The van der Waals surface area contributed by atoms with Crippen LogP contribution in [0.5, 0.6) is 0 Å². The minimum atomic E-state index is 1.19. The van der Waals surface area contributed by atoms with E-state index in [1.807, 2.05) is 97.2 Å². The molecule has 0 saturated carbocycles. The SMILES string of the molecule is C=CC=CC=CC=CC=CC=CC=CC=CC=CC=CC=CCCCCCCC. The molecule has 0 aromatic rings. The smallest absolute Gasteiger partial charge is 0.0348 e. The zero-order valence-electron chi connectivity index (χ0n) is 18.1. The van der Waals surface area contributed by atoms with Crippen LogP contribution in [-0.4, -0.2) is 0 Å². The fourth-order valence-corrected chi connectivity index (χ4v) is 2.21. The Balaban J connectivity index is 3.80. The maximum absolute atomic E-state index is 3.62. The van der Waals surface area contributed by atoms with Crippen LogP contribution in [-0.2, 0) is 0 Å². The van der Waals surface area contributed by atoms with Crippen LogP contribution < -0.4 is 0 Å². The van der Waals surface area contributed by atoms with Gasteiger partial charge in [-0.1, -0.05) is 167 Å². The van der Waals surface area contributed by atoms with Gasteiger partial charge < -0.3 is 0 Å². The molecule has 0 aliphatic rings. The second-order valence-electron chi connectivity index (χ2n) is 6.33. The van der Waals surface area contributed by atoms with Crippen molar-refractivity contribution in [2.45, 2.75) is 45.4 Å². The molecule has 0 amide bonds. The monoisotopic (exact) mass is 386 g/mol. The van der Waals surface area contributed by atoms with E-state index in [4.69, 9.17) is 0 Å². The standard InChI is InChI=1S/C29H38/c1-3-5-7-9-11-13-15-17-19-21-23-25-27-29-28-26-24-22-20-18-16-14-12-10-8-6-4-2/h3,5,7,9,11,13,15-29H,1,4,6,8,10,12,14H2,2H3. The van der Waals surface area contributed by atoms with Gasteiger partial charge in [-0.3, -0.25) is 0 Å². The third kappa shape index (κ3) is 25.1. The second kappa shape index (κ2) is 25.1. The molecule has 0 heterocycles. The Labute approximate surface area is 179 Å². The fraction of sp³-hybridized carbons (Fsp3) is 0.241. The van der Waals surface area contributed by atoms with Crippen LogP contribution >= 0.6 is 0 Å². The summed E-state index contributed by atoms with van der Waals surface area (Å²) in [5.41, 5.74) is 0. The lowest BCUT2D eigenvalue weighted by atomic mass is 10.1. The summed E-state index contributed by atoms with van der Waals surface area (Å²) in [7, 11) is 0. The highest BCUT2D eigenvalue weighted by atomic mass is 13.9. The van der Waals surface area contributed by atoms with Gasteiger partial charge in [-0.15, -0.1) is 0 Å². The number of rotatable bonds is 16. The molecule has 0 nitrogen and oxygen atoms in total. The zero-order valence-corrected chi connectivity index (χ0v) is 18.1. The van der Waals surface area contributed by atoms with Gasteiger partial charge in [0.2, 0.25) is 0 Å². The van der Waals surface area contributed by atoms with Crippen molar-refractivity contribution in [2.24, 2.45) is 0 Å². The van der Waals surface area contributed by atoms with Gasteiger partial charge >= 0.3 is 0 Å². The lowest BCUT2D eigenvalue weighted by Crippen LogP contribution is -1.75. The molecule has 0 rings (SSSR count). The summed E-state index contributed by atoms with van der Waals surface area (Å²) >= 11 is 0. The van der Waals surface area contributed by atoms with Crippen molar-refractivity contribution in [1.29, 1.82) is 0 Å².